The molecule has 0 saturated heterocycles. The normalized spacial score (nSPS) is 12.1. The van der Waals surface area contributed by atoms with Crippen LogP contribution >= 0.6 is 22.7 Å². The average Bonchev–Trinajstić information content (AvgIpc) is 3.00. The molecule has 4 nitrogen and oxygen atoms in total. The van der Waals surface area contributed by atoms with Crippen LogP contribution in [0.5, 0.6) is 0 Å². The zero-order valence-electron chi connectivity index (χ0n) is 9.54. The molecule has 2 heterocycles. The van der Waals surface area contributed by atoms with Gasteiger partial charge in [0.25, 0.3) is 5.91 Å². The molecular weight excluding hydrogens is 270 g/mol. The zero-order valence-corrected chi connectivity index (χ0v) is 11.2. The summed E-state index contributed by atoms with van der Waals surface area (Å²) < 4.78 is 0. The van der Waals surface area contributed by atoms with Crippen molar-refractivity contribution in [1.29, 1.82) is 0 Å². The molecule has 0 bridgehead atoms. The molecule has 2 N–H and O–H groups in total. The van der Waals surface area contributed by atoms with Crippen LogP contribution in [0, 0.1) is 0 Å². The summed E-state index contributed by atoms with van der Waals surface area (Å²) in [5.74, 6) is -1.25. The second-order valence-electron chi connectivity index (χ2n) is 3.72. The molecule has 0 saturated carbocycles. The van der Waals surface area contributed by atoms with E-state index in [9.17, 15) is 9.59 Å². The van der Waals surface area contributed by atoms with E-state index < -0.39 is 5.97 Å². The topological polar surface area (TPSA) is 66.4 Å². The quantitative estimate of drug-likeness (QED) is 0.905. The lowest BCUT2D eigenvalue weighted by Crippen LogP contribution is -2.25. The number of aromatic carboxylic acids is 1. The summed E-state index contributed by atoms with van der Waals surface area (Å²) in [5, 5.41) is 15.6. The maximum absolute atomic E-state index is 11.9. The number of rotatable bonds is 4. The molecule has 2 aromatic rings. The Kier molecular flexibility index (Phi) is 3.78. The first-order valence-corrected chi connectivity index (χ1v) is 7.00. The molecule has 2 aromatic heterocycles. The van der Waals surface area contributed by atoms with Gasteiger partial charge in [-0.1, -0.05) is 0 Å². The Morgan fingerprint density at radius 2 is 2.00 bits per heavy atom. The van der Waals surface area contributed by atoms with Gasteiger partial charge in [-0.15, -0.1) is 11.3 Å². The minimum atomic E-state index is -1.01. The number of amides is 1. The van der Waals surface area contributed by atoms with E-state index in [0.29, 0.717) is 4.88 Å². The molecule has 0 aliphatic heterocycles. The first-order chi connectivity index (χ1) is 8.58. The van der Waals surface area contributed by atoms with Gasteiger partial charge in [-0.3, -0.25) is 4.79 Å². The van der Waals surface area contributed by atoms with E-state index in [2.05, 4.69) is 5.32 Å². The lowest BCUT2D eigenvalue weighted by molar-refractivity contribution is 0.0702. The van der Waals surface area contributed by atoms with Gasteiger partial charge in [0, 0.05) is 0 Å². The van der Waals surface area contributed by atoms with Gasteiger partial charge in [0.15, 0.2) is 0 Å². The van der Waals surface area contributed by atoms with Crippen LogP contribution < -0.4 is 5.32 Å². The molecule has 18 heavy (non-hydrogen) atoms. The summed E-state index contributed by atoms with van der Waals surface area (Å²) in [6, 6.07) is 4.84. The molecule has 94 valence electrons. The fraction of sp³-hybridized carbons (Fsp3) is 0.167. The molecule has 0 radical (unpaired) electrons. The molecular formula is C12H11NO3S2. The van der Waals surface area contributed by atoms with Gasteiger partial charge in [-0.05, 0) is 41.4 Å². The van der Waals surface area contributed by atoms with Crippen molar-refractivity contribution in [2.75, 3.05) is 0 Å². The lowest BCUT2D eigenvalue weighted by Gasteiger charge is -2.11. The fourth-order valence-corrected chi connectivity index (χ4v) is 2.95. The first kappa shape index (κ1) is 12.8. The van der Waals surface area contributed by atoms with E-state index >= 15 is 0 Å². The molecule has 1 unspecified atom stereocenters. The maximum Gasteiger partial charge on any atom is 0.345 e. The third kappa shape index (κ3) is 2.77. The fourth-order valence-electron chi connectivity index (χ4n) is 1.45. The molecule has 1 amide bonds. The number of hydrogen-bond acceptors (Lipinski definition) is 4. The summed E-state index contributed by atoms with van der Waals surface area (Å²) in [6.45, 7) is 1.89. The van der Waals surface area contributed by atoms with Gasteiger partial charge in [0.1, 0.15) is 4.88 Å². The first-order valence-electron chi connectivity index (χ1n) is 5.24. The number of carbonyl (C=O) groups excluding carboxylic acids is 1. The van der Waals surface area contributed by atoms with E-state index in [-0.39, 0.29) is 16.8 Å². The predicted molar refractivity (Wildman–Crippen MR) is 71.5 cm³/mol. The highest BCUT2D eigenvalue weighted by molar-refractivity contribution is 7.15. The van der Waals surface area contributed by atoms with Crippen molar-refractivity contribution in [3.8, 4) is 0 Å². The highest BCUT2D eigenvalue weighted by Crippen LogP contribution is 2.19. The summed E-state index contributed by atoms with van der Waals surface area (Å²) in [4.78, 5) is 23.2. The highest BCUT2D eigenvalue weighted by Gasteiger charge is 2.15. The van der Waals surface area contributed by atoms with Crippen molar-refractivity contribution in [3.63, 3.8) is 0 Å². The Labute approximate surface area is 112 Å². The lowest BCUT2D eigenvalue weighted by atomic mass is 10.2. The van der Waals surface area contributed by atoms with Gasteiger partial charge in [-0.2, -0.15) is 11.3 Å². The van der Waals surface area contributed by atoms with Gasteiger partial charge >= 0.3 is 5.97 Å². The molecule has 0 aliphatic carbocycles. The number of carbonyl (C=O) groups is 2. The zero-order chi connectivity index (χ0) is 13.1. The summed E-state index contributed by atoms with van der Waals surface area (Å²) in [7, 11) is 0. The molecule has 0 spiro atoms. The standard InChI is InChI=1S/C12H11NO3S2/c1-7(8-4-5-17-6-8)13-11(14)9-2-3-10(18-9)12(15)16/h2-7H,1H3,(H,13,14)(H,15,16). The number of thiophene rings is 2. The van der Waals surface area contributed by atoms with Crippen LogP contribution in [0.1, 0.15) is 37.9 Å². The van der Waals surface area contributed by atoms with Crippen LogP contribution in [0.15, 0.2) is 29.0 Å². The SMILES string of the molecule is CC(NC(=O)c1ccc(C(=O)O)s1)c1ccsc1. The monoisotopic (exact) mass is 281 g/mol. The Morgan fingerprint density at radius 3 is 2.56 bits per heavy atom. The van der Waals surface area contributed by atoms with Gasteiger partial charge in [0.05, 0.1) is 10.9 Å². The Balaban J connectivity index is 2.05. The van der Waals surface area contributed by atoms with Crippen LogP contribution in [-0.2, 0) is 0 Å². The van der Waals surface area contributed by atoms with Crippen molar-refractivity contribution in [2.24, 2.45) is 0 Å². The maximum atomic E-state index is 11.9. The van der Waals surface area contributed by atoms with Crippen molar-refractivity contribution < 1.29 is 14.7 Å². The Hall–Kier alpha value is -1.66. The van der Waals surface area contributed by atoms with Crippen LogP contribution in [0.2, 0.25) is 0 Å². The molecule has 1 atom stereocenters. The van der Waals surface area contributed by atoms with Crippen LogP contribution in [0.4, 0.5) is 0 Å². The molecule has 0 aliphatic rings. The third-order valence-electron chi connectivity index (χ3n) is 2.43. The smallest absolute Gasteiger partial charge is 0.345 e. The molecule has 0 aromatic carbocycles. The minimum Gasteiger partial charge on any atom is -0.477 e. The second-order valence-corrected chi connectivity index (χ2v) is 5.58. The molecule has 2 rings (SSSR count). The van der Waals surface area contributed by atoms with Crippen molar-refractivity contribution in [2.45, 2.75) is 13.0 Å². The van der Waals surface area contributed by atoms with Crippen LogP contribution in [0.3, 0.4) is 0 Å². The van der Waals surface area contributed by atoms with Crippen molar-refractivity contribution in [3.05, 3.63) is 44.3 Å². The number of carboxylic acid groups (broad SMARTS) is 1. The second kappa shape index (κ2) is 5.32. The Morgan fingerprint density at radius 1 is 1.28 bits per heavy atom. The summed E-state index contributed by atoms with van der Waals surface area (Å²) in [5.41, 5.74) is 1.04. The molecule has 0 fully saturated rings. The van der Waals surface area contributed by atoms with Crippen LogP contribution in [-0.4, -0.2) is 17.0 Å². The highest BCUT2D eigenvalue weighted by atomic mass is 32.1. The van der Waals surface area contributed by atoms with Gasteiger partial charge < -0.3 is 10.4 Å². The molecule has 6 heteroatoms. The van der Waals surface area contributed by atoms with Crippen LogP contribution in [0.25, 0.3) is 0 Å². The van der Waals surface area contributed by atoms with Gasteiger partial charge in [-0.25, -0.2) is 4.79 Å². The number of nitrogens with one attached hydrogen (secondary N) is 1. The van der Waals surface area contributed by atoms with Crippen molar-refractivity contribution >= 4 is 34.6 Å². The summed E-state index contributed by atoms with van der Waals surface area (Å²) >= 11 is 2.55. The average molecular weight is 281 g/mol. The van der Waals surface area contributed by atoms with E-state index in [1.54, 1.807) is 11.3 Å². The van der Waals surface area contributed by atoms with E-state index in [4.69, 9.17) is 5.11 Å². The van der Waals surface area contributed by atoms with E-state index in [1.807, 2.05) is 23.8 Å². The van der Waals surface area contributed by atoms with Gasteiger partial charge in [0.2, 0.25) is 0 Å². The Bertz CT molecular complexity index is 560. The number of hydrogen-bond donors (Lipinski definition) is 2. The third-order valence-corrected chi connectivity index (χ3v) is 4.20. The minimum absolute atomic E-state index is 0.0841. The van der Waals surface area contributed by atoms with E-state index in [1.165, 1.54) is 12.1 Å². The summed E-state index contributed by atoms with van der Waals surface area (Å²) in [6.07, 6.45) is 0. The largest absolute Gasteiger partial charge is 0.477 e. The predicted octanol–water partition coefficient (Wildman–Crippen LogP) is 3.00. The van der Waals surface area contributed by atoms with Crippen molar-refractivity contribution in [1.82, 2.24) is 5.32 Å². The van der Waals surface area contributed by atoms with E-state index in [0.717, 1.165) is 16.9 Å². The number of carboxylic acids is 1.